The van der Waals surface area contributed by atoms with Gasteiger partial charge in [0.25, 0.3) is 5.91 Å². The van der Waals surface area contributed by atoms with Gasteiger partial charge >= 0.3 is 0 Å². The van der Waals surface area contributed by atoms with Crippen LogP contribution in [0.4, 0.5) is 0 Å². The molecule has 1 aliphatic carbocycles. The summed E-state index contributed by atoms with van der Waals surface area (Å²) in [6, 6.07) is 6.23. The van der Waals surface area contributed by atoms with Gasteiger partial charge in [0, 0.05) is 30.6 Å². The first kappa shape index (κ1) is 20.9. The topological polar surface area (TPSA) is 109 Å². The lowest BCUT2D eigenvalue weighted by molar-refractivity contribution is -0.126. The van der Waals surface area contributed by atoms with Gasteiger partial charge in [0.05, 0.1) is 10.8 Å². The second-order valence-electron chi connectivity index (χ2n) is 8.46. The van der Waals surface area contributed by atoms with Gasteiger partial charge in [-0.1, -0.05) is 0 Å². The summed E-state index contributed by atoms with van der Waals surface area (Å²) in [7, 11) is -3.58. The zero-order chi connectivity index (χ0) is 21.5. The van der Waals surface area contributed by atoms with Gasteiger partial charge in [-0.2, -0.15) is 0 Å². The molecule has 1 aromatic heterocycles. The number of carbonyl (C=O) groups excluding carboxylic acids is 2. The molecule has 1 aliphatic heterocycles. The lowest BCUT2D eigenvalue weighted by Crippen LogP contribution is -2.46. The molecule has 9 heteroatoms. The van der Waals surface area contributed by atoms with E-state index in [4.69, 9.17) is 4.42 Å². The number of amides is 2. The molecule has 1 saturated carbocycles. The number of fused-ring (bicyclic) bond motifs is 1. The van der Waals surface area contributed by atoms with E-state index in [1.165, 1.54) is 12.1 Å². The number of hydrogen-bond donors (Lipinski definition) is 2. The van der Waals surface area contributed by atoms with E-state index in [9.17, 15) is 18.0 Å². The summed E-state index contributed by atoms with van der Waals surface area (Å²) in [4.78, 5) is 27.1. The second-order valence-corrected chi connectivity index (χ2v) is 10.2. The van der Waals surface area contributed by atoms with Crippen molar-refractivity contribution in [3.8, 4) is 0 Å². The van der Waals surface area contributed by atoms with Crippen LogP contribution in [-0.2, 0) is 14.8 Å². The van der Waals surface area contributed by atoms with Gasteiger partial charge in [-0.15, -0.1) is 0 Å². The zero-order valence-corrected chi connectivity index (χ0v) is 18.0. The van der Waals surface area contributed by atoms with Gasteiger partial charge in [0.1, 0.15) is 5.58 Å². The van der Waals surface area contributed by atoms with E-state index >= 15 is 0 Å². The molecule has 2 amide bonds. The molecular weight excluding hydrogens is 406 g/mol. The SMILES string of the molecule is CC(C)NC(=O)C1CCCN(C(=O)c2cc3cc(S(=O)(=O)NC4CC4)ccc3o2)C1. The molecule has 30 heavy (non-hydrogen) atoms. The van der Waals surface area contributed by atoms with Crippen LogP contribution in [0.25, 0.3) is 11.0 Å². The molecule has 2 heterocycles. The Morgan fingerprint density at radius 1 is 1.17 bits per heavy atom. The highest BCUT2D eigenvalue weighted by molar-refractivity contribution is 7.89. The first-order valence-corrected chi connectivity index (χ1v) is 11.9. The number of nitrogens with zero attached hydrogens (tertiary/aromatic N) is 1. The third-order valence-electron chi connectivity index (χ3n) is 5.42. The number of benzene rings is 1. The predicted molar refractivity (Wildman–Crippen MR) is 111 cm³/mol. The fourth-order valence-corrected chi connectivity index (χ4v) is 5.06. The molecule has 8 nitrogen and oxygen atoms in total. The Morgan fingerprint density at radius 2 is 1.93 bits per heavy atom. The fraction of sp³-hybridized carbons (Fsp3) is 0.524. The maximum Gasteiger partial charge on any atom is 0.289 e. The van der Waals surface area contributed by atoms with Crippen LogP contribution >= 0.6 is 0 Å². The first-order chi connectivity index (χ1) is 14.2. The Hall–Kier alpha value is -2.39. The van der Waals surface area contributed by atoms with E-state index in [0.29, 0.717) is 24.1 Å². The van der Waals surface area contributed by atoms with Crippen molar-refractivity contribution in [2.24, 2.45) is 5.92 Å². The van der Waals surface area contributed by atoms with Crippen LogP contribution in [0.2, 0.25) is 0 Å². The van der Waals surface area contributed by atoms with E-state index in [-0.39, 0.29) is 40.5 Å². The molecule has 1 saturated heterocycles. The van der Waals surface area contributed by atoms with Crippen molar-refractivity contribution in [1.29, 1.82) is 0 Å². The average Bonchev–Trinajstić information content (AvgIpc) is 3.40. The monoisotopic (exact) mass is 433 g/mol. The zero-order valence-electron chi connectivity index (χ0n) is 17.2. The van der Waals surface area contributed by atoms with Crippen LogP contribution in [0, 0.1) is 5.92 Å². The molecule has 4 rings (SSSR count). The molecule has 2 fully saturated rings. The summed E-state index contributed by atoms with van der Waals surface area (Å²) in [5.74, 6) is -0.404. The second kappa shape index (κ2) is 8.03. The van der Waals surface area contributed by atoms with Gasteiger partial charge in [-0.25, -0.2) is 13.1 Å². The third-order valence-corrected chi connectivity index (χ3v) is 6.94. The maximum atomic E-state index is 13.0. The summed E-state index contributed by atoms with van der Waals surface area (Å²) in [5.41, 5.74) is 0.454. The highest BCUT2D eigenvalue weighted by Crippen LogP contribution is 2.27. The number of likely N-dealkylation sites (tertiary alicyclic amines) is 1. The molecule has 2 aromatic rings. The van der Waals surface area contributed by atoms with E-state index in [2.05, 4.69) is 10.0 Å². The van der Waals surface area contributed by atoms with Crippen molar-refractivity contribution in [3.63, 3.8) is 0 Å². The van der Waals surface area contributed by atoms with Crippen molar-refractivity contribution in [2.45, 2.75) is 56.5 Å². The first-order valence-electron chi connectivity index (χ1n) is 10.4. The molecule has 1 unspecified atom stereocenters. The summed E-state index contributed by atoms with van der Waals surface area (Å²) in [6.07, 6.45) is 3.21. The molecular formula is C21H27N3O5S. The van der Waals surface area contributed by atoms with Gasteiger partial charge < -0.3 is 14.6 Å². The summed E-state index contributed by atoms with van der Waals surface area (Å²) >= 11 is 0. The van der Waals surface area contributed by atoms with Crippen molar-refractivity contribution in [2.75, 3.05) is 13.1 Å². The van der Waals surface area contributed by atoms with Crippen molar-refractivity contribution < 1.29 is 22.4 Å². The average molecular weight is 434 g/mol. The third kappa shape index (κ3) is 4.52. The quantitative estimate of drug-likeness (QED) is 0.726. The Labute approximate surface area is 176 Å². The lowest BCUT2D eigenvalue weighted by atomic mass is 9.96. The Morgan fingerprint density at radius 3 is 2.63 bits per heavy atom. The van der Waals surface area contributed by atoms with E-state index in [0.717, 1.165) is 25.7 Å². The van der Waals surface area contributed by atoms with Crippen LogP contribution in [0.15, 0.2) is 33.6 Å². The van der Waals surface area contributed by atoms with Gasteiger partial charge in [0.2, 0.25) is 15.9 Å². The smallest absolute Gasteiger partial charge is 0.289 e. The molecule has 0 radical (unpaired) electrons. The largest absolute Gasteiger partial charge is 0.451 e. The number of sulfonamides is 1. The number of piperidine rings is 1. The van der Waals surface area contributed by atoms with E-state index in [1.807, 2.05) is 13.8 Å². The highest BCUT2D eigenvalue weighted by Gasteiger charge is 2.31. The fourth-order valence-electron chi connectivity index (χ4n) is 3.72. The van der Waals surface area contributed by atoms with Crippen LogP contribution in [0.3, 0.4) is 0 Å². The van der Waals surface area contributed by atoms with E-state index in [1.54, 1.807) is 17.0 Å². The van der Waals surface area contributed by atoms with Gasteiger partial charge in [-0.3, -0.25) is 9.59 Å². The minimum Gasteiger partial charge on any atom is -0.451 e. The Balaban J connectivity index is 1.51. The minimum absolute atomic E-state index is 0.0205. The lowest BCUT2D eigenvalue weighted by Gasteiger charge is -2.31. The van der Waals surface area contributed by atoms with Crippen LogP contribution in [-0.4, -0.2) is 50.3 Å². The number of carbonyl (C=O) groups is 2. The summed E-state index contributed by atoms with van der Waals surface area (Å²) in [6.45, 7) is 4.73. The normalized spacial score (nSPS) is 20.0. The molecule has 1 atom stereocenters. The molecule has 1 aromatic carbocycles. The molecule has 2 N–H and O–H groups in total. The van der Waals surface area contributed by atoms with Crippen molar-refractivity contribution in [3.05, 3.63) is 30.0 Å². The predicted octanol–water partition coefficient (Wildman–Crippen LogP) is 2.25. The standard InChI is InChI=1S/C21H27N3O5S/c1-13(2)22-20(25)14-4-3-9-24(12-14)21(26)19-11-15-10-17(7-8-18(15)29-19)30(27,28)23-16-5-6-16/h7-8,10-11,13-14,16,23H,3-6,9,12H2,1-2H3,(H,22,25). The van der Waals surface area contributed by atoms with Gasteiger partial charge in [-0.05, 0) is 63.8 Å². The van der Waals surface area contributed by atoms with Crippen LogP contribution in [0.5, 0.6) is 0 Å². The summed E-state index contributed by atoms with van der Waals surface area (Å²) in [5, 5.41) is 3.47. The molecule has 162 valence electrons. The maximum absolute atomic E-state index is 13.0. The number of nitrogens with one attached hydrogen (secondary N) is 2. The van der Waals surface area contributed by atoms with Crippen LogP contribution in [0.1, 0.15) is 50.1 Å². The van der Waals surface area contributed by atoms with E-state index < -0.39 is 10.0 Å². The minimum atomic E-state index is -3.58. The van der Waals surface area contributed by atoms with Crippen LogP contribution < -0.4 is 10.0 Å². The number of furan rings is 1. The summed E-state index contributed by atoms with van der Waals surface area (Å²) < 4.78 is 33.2. The number of hydrogen-bond acceptors (Lipinski definition) is 5. The number of rotatable bonds is 6. The van der Waals surface area contributed by atoms with Crippen molar-refractivity contribution >= 4 is 32.8 Å². The Kier molecular flexibility index (Phi) is 5.59. The molecule has 2 aliphatic rings. The Bertz CT molecular complexity index is 1070. The van der Waals surface area contributed by atoms with Gasteiger partial charge in [0.15, 0.2) is 5.76 Å². The molecule has 0 spiro atoms. The molecule has 0 bridgehead atoms. The highest BCUT2D eigenvalue weighted by atomic mass is 32.2. The van der Waals surface area contributed by atoms with Crippen molar-refractivity contribution in [1.82, 2.24) is 14.9 Å².